The predicted molar refractivity (Wildman–Crippen MR) is 179 cm³/mol. The van der Waals surface area contributed by atoms with Crippen LogP contribution in [-0.4, -0.2) is 51.5 Å². The third-order valence-corrected chi connectivity index (χ3v) is 12.0. The van der Waals surface area contributed by atoms with Crippen molar-refractivity contribution in [2.75, 3.05) is 13.2 Å². The summed E-state index contributed by atoms with van der Waals surface area (Å²) >= 11 is 3.58. The first-order valence-corrected chi connectivity index (χ1v) is 17.2. The maximum absolute atomic E-state index is 12.1. The van der Waals surface area contributed by atoms with Crippen molar-refractivity contribution in [3.63, 3.8) is 0 Å². The first-order valence-electron chi connectivity index (χ1n) is 16.5. The fourth-order valence-corrected chi connectivity index (χ4v) is 8.83. The largest absolute Gasteiger partial charge is 0.487 e. The first kappa shape index (κ1) is 32.2. The summed E-state index contributed by atoms with van der Waals surface area (Å²) in [5, 5.41) is 18.7. The van der Waals surface area contributed by atoms with Crippen molar-refractivity contribution in [3.8, 4) is 11.4 Å². The Labute approximate surface area is 284 Å². The SMILES string of the molecule is C=C1CCC2[C@](C)(CC[C@H]3OC(c4ccc(OCc5cn(-c6ccc(C)c(Br)c6)nn5)cc4)OC[C@@]23C)[C@@H]1C/C=C1/C(=O)OC[C@H]1O. The number of aliphatic hydroxyl groups excluding tert-OH is 1. The van der Waals surface area contributed by atoms with Crippen molar-refractivity contribution in [1.29, 1.82) is 0 Å². The number of hydrogen-bond donors (Lipinski definition) is 1. The number of aryl methyl sites for hydroxylation is 1. The predicted octanol–water partition coefficient (Wildman–Crippen LogP) is 6.95. The van der Waals surface area contributed by atoms with Gasteiger partial charge in [-0.3, -0.25) is 0 Å². The van der Waals surface area contributed by atoms with E-state index in [0.29, 0.717) is 31.1 Å². The molecule has 10 heteroatoms. The Hall–Kier alpha value is -3.31. The molecule has 2 aliphatic carbocycles. The van der Waals surface area contributed by atoms with Crippen LogP contribution in [0.2, 0.25) is 0 Å². The zero-order valence-electron chi connectivity index (χ0n) is 27.2. The number of benzene rings is 2. The summed E-state index contributed by atoms with van der Waals surface area (Å²) in [5.74, 6) is 0.918. The van der Waals surface area contributed by atoms with Crippen LogP contribution in [0.5, 0.6) is 5.75 Å². The molecular formula is C37H42BrN3O6. The molecular weight excluding hydrogens is 662 g/mol. The van der Waals surface area contributed by atoms with Crippen LogP contribution in [0.4, 0.5) is 0 Å². The van der Waals surface area contributed by atoms with Gasteiger partial charge in [0.1, 0.15) is 30.8 Å². The molecule has 2 unspecified atom stereocenters. The second-order valence-electron chi connectivity index (χ2n) is 14.1. The number of cyclic esters (lactones) is 1. The van der Waals surface area contributed by atoms with Crippen LogP contribution < -0.4 is 4.74 Å². The minimum Gasteiger partial charge on any atom is -0.487 e. The van der Waals surface area contributed by atoms with Crippen LogP contribution >= 0.6 is 15.9 Å². The van der Waals surface area contributed by atoms with Crippen molar-refractivity contribution >= 4 is 21.9 Å². The van der Waals surface area contributed by atoms with E-state index < -0.39 is 18.4 Å². The minimum absolute atomic E-state index is 0.00795. The topological polar surface area (TPSA) is 105 Å². The molecule has 4 fully saturated rings. The minimum atomic E-state index is -0.844. The highest BCUT2D eigenvalue weighted by molar-refractivity contribution is 9.10. The average molecular weight is 705 g/mol. The fourth-order valence-electron chi connectivity index (χ4n) is 8.46. The zero-order chi connectivity index (χ0) is 32.9. The number of nitrogens with zero attached hydrogens (tertiary/aromatic N) is 3. The van der Waals surface area contributed by atoms with Crippen LogP contribution in [0.25, 0.3) is 5.69 Å². The number of ether oxygens (including phenoxy) is 4. The van der Waals surface area contributed by atoms with Gasteiger partial charge in [0.2, 0.25) is 0 Å². The van der Waals surface area contributed by atoms with Gasteiger partial charge in [-0.2, -0.15) is 0 Å². The van der Waals surface area contributed by atoms with Crippen LogP contribution in [0.1, 0.15) is 69.1 Å². The molecule has 7 atom stereocenters. The van der Waals surface area contributed by atoms with Crippen molar-refractivity contribution < 1.29 is 28.8 Å². The molecule has 4 aliphatic rings. The number of rotatable bonds is 7. The molecule has 3 heterocycles. The van der Waals surface area contributed by atoms with E-state index in [-0.39, 0.29) is 29.5 Å². The molecule has 3 aromatic rings. The number of allylic oxidation sites excluding steroid dienone is 2. The van der Waals surface area contributed by atoms with E-state index in [4.69, 9.17) is 18.9 Å². The molecule has 7 rings (SSSR count). The van der Waals surface area contributed by atoms with Crippen LogP contribution in [-0.2, 0) is 25.6 Å². The number of aromatic nitrogens is 3. The van der Waals surface area contributed by atoms with Gasteiger partial charge < -0.3 is 24.1 Å². The monoisotopic (exact) mass is 703 g/mol. The van der Waals surface area contributed by atoms with Crippen LogP contribution in [0, 0.1) is 29.6 Å². The first-order chi connectivity index (χ1) is 22.5. The second kappa shape index (κ2) is 12.6. The van der Waals surface area contributed by atoms with Gasteiger partial charge in [0, 0.05) is 15.5 Å². The highest BCUT2D eigenvalue weighted by Crippen LogP contribution is 2.64. The van der Waals surface area contributed by atoms with Gasteiger partial charge >= 0.3 is 5.97 Å². The molecule has 0 bridgehead atoms. The summed E-state index contributed by atoms with van der Waals surface area (Å²) in [5.41, 5.74) is 5.24. The zero-order valence-corrected chi connectivity index (χ0v) is 28.7. The number of carbonyl (C=O) groups excluding carboxylic acids is 1. The van der Waals surface area contributed by atoms with E-state index in [2.05, 4.69) is 46.7 Å². The van der Waals surface area contributed by atoms with E-state index in [0.717, 1.165) is 58.4 Å². The number of esters is 1. The summed E-state index contributed by atoms with van der Waals surface area (Å²) in [6, 6.07) is 14.0. The lowest BCUT2D eigenvalue weighted by molar-refractivity contribution is -0.307. The molecule has 2 saturated heterocycles. The molecule has 47 heavy (non-hydrogen) atoms. The molecule has 2 saturated carbocycles. The maximum Gasteiger partial charge on any atom is 0.336 e. The third kappa shape index (κ3) is 5.98. The van der Waals surface area contributed by atoms with Gasteiger partial charge in [-0.1, -0.05) is 71.4 Å². The quantitative estimate of drug-likeness (QED) is 0.160. The van der Waals surface area contributed by atoms with Gasteiger partial charge in [0.15, 0.2) is 6.29 Å². The summed E-state index contributed by atoms with van der Waals surface area (Å²) in [6.07, 6.45) is 7.15. The normalized spacial score (nSPS) is 33.0. The molecule has 0 spiro atoms. The van der Waals surface area contributed by atoms with E-state index in [1.54, 1.807) is 4.68 Å². The van der Waals surface area contributed by atoms with Crippen molar-refractivity contribution in [3.05, 3.63) is 93.8 Å². The lowest BCUT2D eigenvalue weighted by atomic mass is 9.46. The molecule has 0 radical (unpaired) electrons. The lowest BCUT2D eigenvalue weighted by Gasteiger charge is -2.62. The van der Waals surface area contributed by atoms with Crippen LogP contribution in [0.15, 0.2) is 76.9 Å². The van der Waals surface area contributed by atoms with Crippen molar-refractivity contribution in [2.45, 2.75) is 78.0 Å². The summed E-state index contributed by atoms with van der Waals surface area (Å²) < 4.78 is 27.0. The van der Waals surface area contributed by atoms with Crippen molar-refractivity contribution in [2.24, 2.45) is 22.7 Å². The average Bonchev–Trinajstić information content (AvgIpc) is 3.66. The molecule has 1 aromatic heterocycles. The third-order valence-electron chi connectivity index (χ3n) is 11.2. The Morgan fingerprint density at radius 2 is 1.98 bits per heavy atom. The summed E-state index contributed by atoms with van der Waals surface area (Å²) in [6.45, 7) is 12.2. The molecule has 248 valence electrons. The van der Waals surface area contributed by atoms with Gasteiger partial charge in [-0.25, -0.2) is 9.48 Å². The lowest BCUT2D eigenvalue weighted by Crippen LogP contribution is -2.60. The Balaban J connectivity index is 0.981. The Kier molecular flexibility index (Phi) is 8.66. The van der Waals surface area contributed by atoms with E-state index in [9.17, 15) is 9.90 Å². The highest BCUT2D eigenvalue weighted by atomic mass is 79.9. The van der Waals surface area contributed by atoms with E-state index >= 15 is 0 Å². The number of fused-ring (bicyclic) bond motifs is 3. The molecule has 1 N–H and O–H groups in total. The van der Waals surface area contributed by atoms with E-state index in [1.807, 2.05) is 61.7 Å². The number of halogens is 1. The molecule has 0 amide bonds. The van der Waals surface area contributed by atoms with Crippen molar-refractivity contribution in [1.82, 2.24) is 15.0 Å². The molecule has 2 aromatic carbocycles. The standard InChI is InChI=1S/C37H42BrN3O6/c1-22-6-14-32-36(3,29(22)13-12-28-31(42)20-45-34(28)43)16-15-33-37(32,4)21-46-35(47-33)24-7-10-27(11-8-24)44-19-25-18-41(40-39-25)26-9-5-23(2)30(38)17-26/h5,7-12,17-18,29,31-33,35,42H,1,6,13-16,19-21H2,2-4H3/b28-12+/t29-,31-,32?,33-,35?,36-,37+/m1/s1. The smallest absolute Gasteiger partial charge is 0.336 e. The van der Waals surface area contributed by atoms with Gasteiger partial charge in [-0.05, 0) is 86.1 Å². The summed E-state index contributed by atoms with van der Waals surface area (Å²) in [7, 11) is 0. The Morgan fingerprint density at radius 1 is 1.17 bits per heavy atom. The van der Waals surface area contributed by atoms with Gasteiger partial charge in [0.05, 0.1) is 30.2 Å². The van der Waals surface area contributed by atoms with Crippen LogP contribution in [0.3, 0.4) is 0 Å². The van der Waals surface area contributed by atoms with Gasteiger partial charge in [-0.15, -0.1) is 5.10 Å². The molecule has 9 nitrogen and oxygen atoms in total. The van der Waals surface area contributed by atoms with Gasteiger partial charge in [0.25, 0.3) is 0 Å². The summed E-state index contributed by atoms with van der Waals surface area (Å²) in [4.78, 5) is 12.1. The Morgan fingerprint density at radius 3 is 2.72 bits per heavy atom. The highest BCUT2D eigenvalue weighted by Gasteiger charge is 2.60. The second-order valence-corrected chi connectivity index (χ2v) is 14.9. The number of aliphatic hydroxyl groups is 1. The van der Waals surface area contributed by atoms with E-state index in [1.165, 1.54) is 5.57 Å². The number of hydrogen-bond acceptors (Lipinski definition) is 8. The molecule has 2 aliphatic heterocycles. The Bertz CT molecular complexity index is 1700. The maximum atomic E-state index is 12.1. The number of carbonyl (C=O) groups is 1. The fraction of sp³-hybridized carbons (Fsp3) is 0.486.